The zero-order chi connectivity index (χ0) is 12.8. The van der Waals surface area contributed by atoms with E-state index in [1.165, 1.54) is 6.92 Å². The van der Waals surface area contributed by atoms with Crippen LogP contribution in [0.5, 0.6) is 0 Å². The van der Waals surface area contributed by atoms with Gasteiger partial charge in [-0.1, -0.05) is 0 Å². The fourth-order valence-corrected chi connectivity index (χ4v) is 1.19. The number of halogens is 3. The topological polar surface area (TPSA) is 44.8 Å². The zero-order valence-electron chi connectivity index (χ0n) is 9.34. The molecule has 0 aromatic carbocycles. The smallest absolute Gasteiger partial charge is 0.397 e. The average molecular weight is 244 g/mol. The van der Waals surface area contributed by atoms with Crippen molar-refractivity contribution in [3.63, 3.8) is 0 Å². The van der Waals surface area contributed by atoms with E-state index in [1.54, 1.807) is 0 Å². The molecule has 0 saturated carbocycles. The quantitative estimate of drug-likeness (QED) is 0.527. The van der Waals surface area contributed by atoms with Crippen molar-refractivity contribution >= 4 is 5.97 Å². The van der Waals surface area contributed by atoms with Gasteiger partial charge in [-0.25, -0.2) is 0 Å². The Labute approximate surface area is 91.7 Å². The van der Waals surface area contributed by atoms with Crippen LogP contribution in [0.4, 0.5) is 13.2 Å². The minimum atomic E-state index is -4.58. The molecule has 0 N–H and O–H groups in total. The first-order chi connectivity index (χ1) is 7.36. The molecule has 96 valence electrons. The maximum absolute atomic E-state index is 12.6. The lowest BCUT2D eigenvalue weighted by Gasteiger charge is -2.25. The second-order valence-electron chi connectivity index (χ2n) is 3.00. The van der Waals surface area contributed by atoms with E-state index in [0.29, 0.717) is 0 Å². The molecular formula is C9H15F3O4. The molecule has 0 fully saturated rings. The minimum Gasteiger partial charge on any atom is -0.466 e. The third-order valence-corrected chi connectivity index (χ3v) is 1.91. The zero-order valence-corrected chi connectivity index (χ0v) is 9.34. The van der Waals surface area contributed by atoms with E-state index in [-0.39, 0.29) is 6.61 Å². The van der Waals surface area contributed by atoms with Crippen molar-refractivity contribution in [1.29, 1.82) is 0 Å². The van der Waals surface area contributed by atoms with Crippen molar-refractivity contribution in [2.45, 2.75) is 25.8 Å². The van der Waals surface area contributed by atoms with Gasteiger partial charge in [-0.05, 0) is 6.92 Å². The number of ether oxygens (including phenoxy) is 3. The van der Waals surface area contributed by atoms with Gasteiger partial charge in [0, 0.05) is 14.2 Å². The van der Waals surface area contributed by atoms with Gasteiger partial charge >= 0.3 is 12.1 Å². The van der Waals surface area contributed by atoms with E-state index in [4.69, 9.17) is 0 Å². The highest BCUT2D eigenvalue weighted by Gasteiger charge is 2.47. The van der Waals surface area contributed by atoms with E-state index in [1.807, 2.05) is 0 Å². The maximum Gasteiger partial charge on any atom is 0.397 e. The lowest BCUT2D eigenvalue weighted by Crippen LogP contribution is -2.38. The van der Waals surface area contributed by atoms with Crippen molar-refractivity contribution in [3.05, 3.63) is 0 Å². The molecule has 0 aliphatic heterocycles. The molecule has 0 spiro atoms. The molecule has 0 aliphatic rings. The highest BCUT2D eigenvalue weighted by Crippen LogP contribution is 2.33. The summed E-state index contributed by atoms with van der Waals surface area (Å²) < 4.78 is 51.2. The summed E-state index contributed by atoms with van der Waals surface area (Å²) in [6.07, 6.45) is -6.91. The van der Waals surface area contributed by atoms with Crippen LogP contribution in [-0.2, 0) is 19.0 Å². The Morgan fingerprint density at radius 1 is 1.25 bits per heavy atom. The Kier molecular flexibility index (Phi) is 6.35. The molecule has 0 saturated heterocycles. The van der Waals surface area contributed by atoms with Crippen LogP contribution >= 0.6 is 0 Å². The highest BCUT2D eigenvalue weighted by molar-refractivity contribution is 5.69. The molecule has 0 aromatic rings. The van der Waals surface area contributed by atoms with E-state index in [9.17, 15) is 18.0 Å². The Hall–Kier alpha value is -0.820. The van der Waals surface area contributed by atoms with E-state index < -0.39 is 30.8 Å². The minimum absolute atomic E-state index is 0.0358. The molecule has 0 rings (SSSR count). The third-order valence-electron chi connectivity index (χ3n) is 1.91. The normalized spacial score (nSPS) is 13.9. The van der Waals surface area contributed by atoms with Crippen molar-refractivity contribution in [2.24, 2.45) is 5.92 Å². The molecular weight excluding hydrogens is 229 g/mol. The van der Waals surface area contributed by atoms with Crippen molar-refractivity contribution in [2.75, 3.05) is 20.8 Å². The molecule has 4 nitrogen and oxygen atoms in total. The van der Waals surface area contributed by atoms with Crippen LogP contribution in [0.1, 0.15) is 13.3 Å². The number of methoxy groups -OCH3 is 2. The molecule has 0 amide bonds. The monoisotopic (exact) mass is 244 g/mol. The summed E-state index contributed by atoms with van der Waals surface area (Å²) in [7, 11) is 2.16. The summed E-state index contributed by atoms with van der Waals surface area (Å²) in [5.74, 6) is -2.95. The Bertz CT molecular complexity index is 213. The van der Waals surface area contributed by atoms with Crippen LogP contribution in [0, 0.1) is 5.92 Å². The standard InChI is InChI=1S/C9H15F3O4/c1-4-16-7(13)5-6(9(10,11)12)8(14-2)15-3/h6,8H,4-5H2,1-3H3/t6-/m1/s1. The van der Waals surface area contributed by atoms with Crippen LogP contribution in [-0.4, -0.2) is 39.3 Å². The Morgan fingerprint density at radius 3 is 2.06 bits per heavy atom. The maximum atomic E-state index is 12.6. The molecule has 0 aliphatic carbocycles. The second-order valence-corrected chi connectivity index (χ2v) is 3.00. The lowest BCUT2D eigenvalue weighted by molar-refractivity contribution is -0.255. The summed E-state index contributed by atoms with van der Waals surface area (Å²) in [5.41, 5.74) is 0. The molecule has 0 aromatic heterocycles. The summed E-state index contributed by atoms with van der Waals surface area (Å²) in [5, 5.41) is 0. The van der Waals surface area contributed by atoms with Gasteiger partial charge in [0.1, 0.15) is 5.92 Å². The molecule has 0 bridgehead atoms. The van der Waals surface area contributed by atoms with Gasteiger partial charge in [0.05, 0.1) is 13.0 Å². The third kappa shape index (κ3) is 4.80. The van der Waals surface area contributed by atoms with Gasteiger partial charge in [-0.2, -0.15) is 13.2 Å². The second kappa shape index (κ2) is 6.70. The molecule has 1 atom stereocenters. The van der Waals surface area contributed by atoms with Gasteiger partial charge < -0.3 is 14.2 Å². The highest BCUT2D eigenvalue weighted by atomic mass is 19.4. The molecule has 16 heavy (non-hydrogen) atoms. The number of carbonyl (C=O) groups is 1. The number of hydrogen-bond donors (Lipinski definition) is 0. The van der Waals surface area contributed by atoms with E-state index in [0.717, 1.165) is 14.2 Å². The predicted molar refractivity (Wildman–Crippen MR) is 48.6 cm³/mol. The first-order valence-corrected chi connectivity index (χ1v) is 4.64. The van der Waals surface area contributed by atoms with Gasteiger partial charge in [-0.3, -0.25) is 4.79 Å². The van der Waals surface area contributed by atoms with Crippen LogP contribution < -0.4 is 0 Å². The molecule has 0 heterocycles. The van der Waals surface area contributed by atoms with Crippen molar-refractivity contribution < 1.29 is 32.2 Å². The van der Waals surface area contributed by atoms with E-state index >= 15 is 0 Å². The molecule has 0 unspecified atom stereocenters. The number of rotatable bonds is 6. The Morgan fingerprint density at radius 2 is 1.75 bits per heavy atom. The lowest BCUT2D eigenvalue weighted by atomic mass is 10.0. The predicted octanol–water partition coefficient (Wildman–Crippen LogP) is 1.74. The number of carbonyl (C=O) groups excluding carboxylic acids is 1. The molecule has 0 radical (unpaired) electrons. The van der Waals surface area contributed by atoms with Crippen molar-refractivity contribution in [3.8, 4) is 0 Å². The SMILES string of the molecule is CCOC(=O)C[C@H](C(OC)OC)C(F)(F)F. The van der Waals surface area contributed by atoms with Gasteiger partial charge in [-0.15, -0.1) is 0 Å². The van der Waals surface area contributed by atoms with Crippen LogP contribution in [0.3, 0.4) is 0 Å². The summed E-state index contributed by atoms with van der Waals surface area (Å²) in [4.78, 5) is 11.0. The first kappa shape index (κ1) is 15.2. The summed E-state index contributed by atoms with van der Waals surface area (Å²) in [6, 6.07) is 0. The summed E-state index contributed by atoms with van der Waals surface area (Å²) in [6.45, 7) is 1.55. The van der Waals surface area contributed by atoms with Crippen LogP contribution in [0.2, 0.25) is 0 Å². The molecule has 7 heteroatoms. The van der Waals surface area contributed by atoms with E-state index in [2.05, 4.69) is 14.2 Å². The number of esters is 1. The first-order valence-electron chi connectivity index (χ1n) is 4.64. The fraction of sp³-hybridized carbons (Fsp3) is 0.889. The average Bonchev–Trinajstić information content (AvgIpc) is 2.17. The van der Waals surface area contributed by atoms with Crippen LogP contribution in [0.25, 0.3) is 0 Å². The Balaban J connectivity index is 4.62. The largest absolute Gasteiger partial charge is 0.466 e. The fourth-order valence-electron chi connectivity index (χ4n) is 1.19. The number of alkyl halides is 3. The number of hydrogen-bond acceptors (Lipinski definition) is 4. The van der Waals surface area contributed by atoms with Gasteiger partial charge in [0.2, 0.25) is 0 Å². The summed E-state index contributed by atoms with van der Waals surface area (Å²) >= 11 is 0. The van der Waals surface area contributed by atoms with Gasteiger partial charge in [0.15, 0.2) is 6.29 Å². The van der Waals surface area contributed by atoms with Crippen molar-refractivity contribution in [1.82, 2.24) is 0 Å². The van der Waals surface area contributed by atoms with Gasteiger partial charge in [0.25, 0.3) is 0 Å². The van der Waals surface area contributed by atoms with Crippen LogP contribution in [0.15, 0.2) is 0 Å².